The molecule has 0 spiro atoms. The van der Waals surface area contributed by atoms with Gasteiger partial charge in [-0.05, 0) is 39.5 Å². The maximum atomic E-state index is 13.9. The quantitative estimate of drug-likeness (QED) is 0.632. The summed E-state index contributed by atoms with van der Waals surface area (Å²) in [6, 6.07) is 7.21. The second-order valence-electron chi connectivity index (χ2n) is 6.44. The lowest BCUT2D eigenvalue weighted by atomic mass is 9.97. The fourth-order valence-electron chi connectivity index (χ4n) is 2.37. The first kappa shape index (κ1) is 15.1. The molecular weight excluding hydrogens is 347 g/mol. The molecule has 0 unspecified atom stereocenters. The van der Waals surface area contributed by atoms with Gasteiger partial charge in [0.1, 0.15) is 5.52 Å². The average molecular weight is 363 g/mol. The lowest BCUT2D eigenvalue weighted by molar-refractivity contribution is 0.327. The Balaban J connectivity index is 2.14. The molecule has 0 amide bonds. The summed E-state index contributed by atoms with van der Waals surface area (Å²) in [6.45, 7) is 7.20. The van der Waals surface area contributed by atoms with Gasteiger partial charge in [0.15, 0.2) is 0 Å². The van der Waals surface area contributed by atoms with E-state index in [9.17, 15) is 4.39 Å². The Morgan fingerprint density at radius 1 is 1.18 bits per heavy atom. The van der Waals surface area contributed by atoms with Gasteiger partial charge in [0.2, 0.25) is 5.95 Å². The Kier molecular flexibility index (Phi) is 3.72. The highest BCUT2D eigenvalue weighted by Gasteiger charge is 2.18. The number of pyridine rings is 1. The second-order valence-corrected chi connectivity index (χ2v) is 7.24. The molecule has 0 bridgehead atoms. The Morgan fingerprint density at radius 2 is 1.95 bits per heavy atom. The minimum absolute atomic E-state index is 0.0984. The molecule has 0 radical (unpaired) electrons. The molecule has 114 valence electrons. The predicted molar refractivity (Wildman–Crippen MR) is 87.9 cm³/mol. The average Bonchev–Trinajstić information content (AvgIpc) is 2.82. The number of fused-ring (bicyclic) bond motifs is 1. The molecule has 0 aliphatic carbocycles. The summed E-state index contributed by atoms with van der Waals surface area (Å²) in [5.41, 5.74) is 2.92. The number of aromatic nitrogens is 4. The lowest BCUT2D eigenvalue weighted by Gasteiger charge is -2.18. The van der Waals surface area contributed by atoms with Crippen LogP contribution < -0.4 is 0 Å². The van der Waals surface area contributed by atoms with Crippen LogP contribution in [0.2, 0.25) is 0 Å². The van der Waals surface area contributed by atoms with Crippen molar-refractivity contribution >= 4 is 27.0 Å². The molecule has 3 rings (SSSR count). The maximum absolute atomic E-state index is 13.9. The zero-order valence-corrected chi connectivity index (χ0v) is 14.2. The van der Waals surface area contributed by atoms with Crippen molar-refractivity contribution in [2.24, 2.45) is 5.41 Å². The topological polar surface area (TPSA) is 43.6 Å². The van der Waals surface area contributed by atoms with E-state index >= 15 is 0 Å². The Morgan fingerprint density at radius 3 is 2.64 bits per heavy atom. The van der Waals surface area contributed by atoms with Gasteiger partial charge in [0, 0.05) is 23.9 Å². The smallest absolute Gasteiger partial charge is 0.220 e. The molecule has 22 heavy (non-hydrogen) atoms. The first-order valence-corrected chi connectivity index (χ1v) is 7.79. The van der Waals surface area contributed by atoms with E-state index in [0.29, 0.717) is 5.56 Å². The molecule has 0 aliphatic heterocycles. The van der Waals surface area contributed by atoms with Crippen molar-refractivity contribution in [3.8, 4) is 11.1 Å². The molecule has 2 heterocycles. The van der Waals surface area contributed by atoms with E-state index in [1.54, 1.807) is 12.1 Å². The number of hydrogen-bond donors (Lipinski definition) is 0. The van der Waals surface area contributed by atoms with E-state index in [2.05, 4.69) is 52.0 Å². The van der Waals surface area contributed by atoms with Crippen molar-refractivity contribution < 1.29 is 4.39 Å². The lowest BCUT2D eigenvalue weighted by Crippen LogP contribution is -2.16. The molecule has 0 atom stereocenters. The Labute approximate surface area is 136 Å². The van der Waals surface area contributed by atoms with Gasteiger partial charge in [-0.25, -0.2) is 9.67 Å². The van der Waals surface area contributed by atoms with Crippen LogP contribution >= 0.6 is 15.9 Å². The van der Waals surface area contributed by atoms with Gasteiger partial charge in [-0.15, -0.1) is 5.10 Å². The Bertz CT molecular complexity index is 836. The van der Waals surface area contributed by atoms with Gasteiger partial charge in [0.25, 0.3) is 0 Å². The van der Waals surface area contributed by atoms with Gasteiger partial charge in [-0.1, -0.05) is 32.1 Å². The van der Waals surface area contributed by atoms with E-state index in [-0.39, 0.29) is 5.41 Å². The van der Waals surface area contributed by atoms with E-state index < -0.39 is 5.95 Å². The fourth-order valence-corrected chi connectivity index (χ4v) is 2.99. The third-order valence-electron chi connectivity index (χ3n) is 3.30. The largest absolute Gasteiger partial charge is 0.244 e. The number of halogens is 2. The minimum Gasteiger partial charge on any atom is -0.244 e. The van der Waals surface area contributed by atoms with Gasteiger partial charge in [-0.3, -0.25) is 0 Å². The molecular formula is C16H16BrFN4. The first-order valence-electron chi connectivity index (χ1n) is 6.99. The van der Waals surface area contributed by atoms with Gasteiger partial charge in [-0.2, -0.15) is 4.39 Å². The number of rotatable bonds is 2. The summed E-state index contributed by atoms with van der Waals surface area (Å²) >= 11 is 3.54. The SMILES string of the molecule is CC(C)(C)Cn1nnc2c(Br)c(-c3cccnc3F)ccc21. The van der Waals surface area contributed by atoms with E-state index in [0.717, 1.165) is 27.6 Å². The normalized spacial score (nSPS) is 12.0. The van der Waals surface area contributed by atoms with Gasteiger partial charge >= 0.3 is 0 Å². The molecule has 0 fully saturated rings. The van der Waals surface area contributed by atoms with Crippen molar-refractivity contribution in [1.29, 1.82) is 0 Å². The standard InChI is InChI=1S/C16H16BrFN4/c1-16(2,3)9-22-12-7-6-10(13(17)14(12)20-21-22)11-5-4-8-19-15(11)18/h4-8H,9H2,1-3H3. The third-order valence-corrected chi connectivity index (χ3v) is 4.10. The Hall–Kier alpha value is -1.82. The van der Waals surface area contributed by atoms with E-state index in [1.807, 2.05) is 16.8 Å². The minimum atomic E-state index is -0.496. The molecule has 1 aromatic carbocycles. The summed E-state index contributed by atoms with van der Waals surface area (Å²) in [5, 5.41) is 8.47. The molecule has 6 heteroatoms. The van der Waals surface area contributed by atoms with Gasteiger partial charge < -0.3 is 0 Å². The van der Waals surface area contributed by atoms with Crippen molar-refractivity contribution in [3.63, 3.8) is 0 Å². The summed E-state index contributed by atoms with van der Waals surface area (Å²) in [6.07, 6.45) is 1.44. The summed E-state index contributed by atoms with van der Waals surface area (Å²) in [5.74, 6) is -0.496. The summed E-state index contributed by atoms with van der Waals surface area (Å²) in [7, 11) is 0. The number of hydrogen-bond acceptors (Lipinski definition) is 3. The van der Waals surface area contributed by atoms with Crippen LogP contribution in [0.1, 0.15) is 20.8 Å². The zero-order chi connectivity index (χ0) is 15.9. The highest BCUT2D eigenvalue weighted by Crippen LogP contribution is 2.34. The molecule has 4 nitrogen and oxygen atoms in total. The van der Waals surface area contributed by atoms with Crippen LogP contribution in [0.4, 0.5) is 4.39 Å². The van der Waals surface area contributed by atoms with Crippen LogP contribution in [-0.4, -0.2) is 20.0 Å². The van der Waals surface area contributed by atoms with E-state index in [4.69, 9.17) is 0 Å². The predicted octanol–water partition coefficient (Wildman–Crippen LogP) is 4.44. The third kappa shape index (κ3) is 2.75. The number of nitrogens with zero attached hydrogens (tertiary/aromatic N) is 4. The molecule has 0 saturated heterocycles. The van der Waals surface area contributed by atoms with Crippen molar-refractivity contribution in [1.82, 2.24) is 20.0 Å². The van der Waals surface area contributed by atoms with Crippen LogP contribution in [0.3, 0.4) is 0 Å². The van der Waals surface area contributed by atoms with Crippen LogP contribution in [0.5, 0.6) is 0 Å². The summed E-state index contributed by atoms with van der Waals surface area (Å²) < 4.78 is 16.5. The first-order chi connectivity index (χ1) is 10.4. The maximum Gasteiger partial charge on any atom is 0.220 e. The molecule has 0 saturated carbocycles. The summed E-state index contributed by atoms with van der Waals surface area (Å²) in [4.78, 5) is 3.70. The zero-order valence-electron chi connectivity index (χ0n) is 12.6. The van der Waals surface area contributed by atoms with Gasteiger partial charge in [0.05, 0.1) is 9.99 Å². The molecule has 0 aliphatic rings. The fraction of sp³-hybridized carbons (Fsp3) is 0.312. The van der Waals surface area contributed by atoms with Crippen LogP contribution in [0, 0.1) is 11.4 Å². The molecule has 2 aromatic heterocycles. The van der Waals surface area contributed by atoms with Crippen molar-refractivity contribution in [2.75, 3.05) is 0 Å². The van der Waals surface area contributed by atoms with Crippen molar-refractivity contribution in [2.45, 2.75) is 27.3 Å². The van der Waals surface area contributed by atoms with Crippen LogP contribution in [0.25, 0.3) is 22.2 Å². The van der Waals surface area contributed by atoms with Crippen LogP contribution in [0.15, 0.2) is 34.9 Å². The molecule has 3 aromatic rings. The van der Waals surface area contributed by atoms with Crippen molar-refractivity contribution in [3.05, 3.63) is 40.9 Å². The monoisotopic (exact) mass is 362 g/mol. The highest BCUT2D eigenvalue weighted by molar-refractivity contribution is 9.10. The molecule has 0 N–H and O–H groups in total. The second kappa shape index (κ2) is 5.43. The highest BCUT2D eigenvalue weighted by atomic mass is 79.9. The van der Waals surface area contributed by atoms with Crippen LogP contribution in [-0.2, 0) is 6.54 Å². The van der Waals surface area contributed by atoms with E-state index in [1.165, 1.54) is 6.20 Å². The number of benzene rings is 1.